The minimum atomic E-state index is 0.0899. The maximum atomic E-state index is 11.7. The molecule has 0 spiro atoms. The maximum absolute atomic E-state index is 11.7. The number of piperidine rings is 1. The molecule has 0 aliphatic carbocycles. The summed E-state index contributed by atoms with van der Waals surface area (Å²) < 4.78 is 0. The van der Waals surface area contributed by atoms with Gasteiger partial charge in [-0.1, -0.05) is 0 Å². The molecular formula is C14H26N2O2. The van der Waals surface area contributed by atoms with E-state index in [2.05, 4.69) is 11.9 Å². The molecular weight excluding hydrogens is 228 g/mol. The first-order chi connectivity index (χ1) is 8.49. The molecule has 4 nitrogen and oxygen atoms in total. The van der Waals surface area contributed by atoms with E-state index in [1.807, 2.05) is 7.05 Å². The lowest BCUT2D eigenvalue weighted by molar-refractivity contribution is -0.132. The Morgan fingerprint density at radius 2 is 1.83 bits per heavy atom. The average Bonchev–Trinajstić information content (AvgIpc) is 2.34. The van der Waals surface area contributed by atoms with Crippen LogP contribution in [0.4, 0.5) is 0 Å². The van der Waals surface area contributed by atoms with Gasteiger partial charge in [0, 0.05) is 26.4 Å². The van der Waals surface area contributed by atoms with E-state index in [9.17, 15) is 9.59 Å². The van der Waals surface area contributed by atoms with Crippen LogP contribution in [0.25, 0.3) is 0 Å². The number of amides is 1. The van der Waals surface area contributed by atoms with Crippen LogP contribution in [0, 0.1) is 5.92 Å². The highest BCUT2D eigenvalue weighted by Gasteiger charge is 2.18. The van der Waals surface area contributed by atoms with Crippen molar-refractivity contribution in [2.45, 2.75) is 39.0 Å². The summed E-state index contributed by atoms with van der Waals surface area (Å²) in [5.41, 5.74) is 0. The van der Waals surface area contributed by atoms with E-state index in [1.165, 1.54) is 32.9 Å². The number of rotatable bonds is 6. The van der Waals surface area contributed by atoms with E-state index in [1.54, 1.807) is 4.90 Å². The van der Waals surface area contributed by atoms with Gasteiger partial charge < -0.3 is 14.6 Å². The topological polar surface area (TPSA) is 40.6 Å². The molecule has 1 saturated heterocycles. The Kier molecular flexibility index (Phi) is 6.33. The number of carbonyl (C=O) groups excluding carboxylic acids is 2. The van der Waals surface area contributed by atoms with Crippen molar-refractivity contribution in [3.63, 3.8) is 0 Å². The number of hydrogen-bond donors (Lipinski definition) is 0. The molecule has 1 aliphatic heterocycles. The molecule has 1 fully saturated rings. The van der Waals surface area contributed by atoms with Gasteiger partial charge in [0.25, 0.3) is 0 Å². The first-order valence-electron chi connectivity index (χ1n) is 6.91. The molecule has 1 heterocycles. The van der Waals surface area contributed by atoms with Crippen LogP contribution in [0.5, 0.6) is 0 Å². The van der Waals surface area contributed by atoms with Gasteiger partial charge in [0.1, 0.15) is 5.78 Å². The molecule has 1 rings (SSSR count). The van der Waals surface area contributed by atoms with Gasteiger partial charge in [-0.15, -0.1) is 0 Å². The molecule has 0 aromatic rings. The Labute approximate surface area is 110 Å². The summed E-state index contributed by atoms with van der Waals surface area (Å²) in [5.74, 6) is 0.939. The van der Waals surface area contributed by atoms with Crippen molar-refractivity contribution in [3.05, 3.63) is 0 Å². The zero-order chi connectivity index (χ0) is 13.5. The Bertz CT molecular complexity index is 284. The van der Waals surface area contributed by atoms with Gasteiger partial charge in [0.2, 0.25) is 5.91 Å². The minimum absolute atomic E-state index is 0.0899. The molecule has 0 radical (unpaired) electrons. The molecule has 18 heavy (non-hydrogen) atoms. The van der Waals surface area contributed by atoms with Crippen LogP contribution in [0.2, 0.25) is 0 Å². The second kappa shape index (κ2) is 7.52. The van der Waals surface area contributed by atoms with Gasteiger partial charge in [-0.05, 0) is 52.2 Å². The lowest BCUT2D eigenvalue weighted by atomic mass is 9.93. The first-order valence-corrected chi connectivity index (χ1v) is 6.91. The number of nitrogens with zero attached hydrogens (tertiary/aromatic N) is 2. The largest absolute Gasteiger partial charge is 0.346 e. The van der Waals surface area contributed by atoms with Gasteiger partial charge in [-0.25, -0.2) is 0 Å². The van der Waals surface area contributed by atoms with Gasteiger partial charge in [0.15, 0.2) is 0 Å². The van der Waals surface area contributed by atoms with Gasteiger partial charge in [0.05, 0.1) is 0 Å². The minimum Gasteiger partial charge on any atom is -0.346 e. The second-order valence-electron chi connectivity index (χ2n) is 5.55. The third kappa shape index (κ3) is 5.63. The summed E-state index contributed by atoms with van der Waals surface area (Å²) in [4.78, 5) is 26.7. The SMILES string of the molecule is CC(=O)CCC(=O)N(C)CCC1CCN(C)CC1. The van der Waals surface area contributed by atoms with Crippen molar-refractivity contribution in [3.8, 4) is 0 Å². The molecule has 0 saturated carbocycles. The molecule has 0 bridgehead atoms. The number of likely N-dealkylation sites (tertiary alicyclic amines) is 1. The monoisotopic (exact) mass is 254 g/mol. The predicted octanol–water partition coefficient (Wildman–Crippen LogP) is 1.55. The Hall–Kier alpha value is -0.900. The van der Waals surface area contributed by atoms with E-state index in [4.69, 9.17) is 0 Å². The quantitative estimate of drug-likeness (QED) is 0.722. The van der Waals surface area contributed by atoms with E-state index in [0.717, 1.165) is 18.9 Å². The van der Waals surface area contributed by atoms with Crippen LogP contribution in [-0.4, -0.2) is 55.2 Å². The summed E-state index contributed by atoms with van der Waals surface area (Å²) in [6.07, 6.45) is 4.31. The summed E-state index contributed by atoms with van der Waals surface area (Å²) in [6.45, 7) is 4.70. The van der Waals surface area contributed by atoms with Crippen LogP contribution in [0.3, 0.4) is 0 Å². The van der Waals surface area contributed by atoms with E-state index in [0.29, 0.717) is 12.8 Å². The number of ketones is 1. The number of carbonyl (C=O) groups is 2. The molecule has 0 atom stereocenters. The number of hydrogen-bond acceptors (Lipinski definition) is 3. The Balaban J connectivity index is 2.17. The number of Topliss-reactive ketones (excluding diaryl/α,β-unsaturated/α-hetero) is 1. The third-order valence-electron chi connectivity index (χ3n) is 3.83. The fourth-order valence-corrected chi connectivity index (χ4v) is 2.33. The molecule has 104 valence electrons. The fourth-order valence-electron chi connectivity index (χ4n) is 2.33. The summed E-state index contributed by atoms with van der Waals surface area (Å²) in [7, 11) is 4.01. The summed E-state index contributed by atoms with van der Waals surface area (Å²) in [5, 5.41) is 0. The van der Waals surface area contributed by atoms with Crippen LogP contribution >= 0.6 is 0 Å². The highest BCUT2D eigenvalue weighted by Crippen LogP contribution is 2.19. The normalized spacial score (nSPS) is 17.7. The lowest BCUT2D eigenvalue weighted by Gasteiger charge is -2.30. The van der Waals surface area contributed by atoms with E-state index in [-0.39, 0.29) is 11.7 Å². The van der Waals surface area contributed by atoms with Crippen LogP contribution < -0.4 is 0 Å². The van der Waals surface area contributed by atoms with Crippen molar-refractivity contribution in [1.29, 1.82) is 0 Å². The predicted molar refractivity (Wildman–Crippen MR) is 72.4 cm³/mol. The standard InChI is InChI=1S/C14H26N2O2/c1-12(17)4-5-14(18)16(3)11-8-13-6-9-15(2)10-7-13/h13H,4-11H2,1-3H3. The molecule has 1 amide bonds. The first kappa shape index (κ1) is 15.2. The second-order valence-corrected chi connectivity index (χ2v) is 5.55. The van der Waals surface area contributed by atoms with Crippen molar-refractivity contribution >= 4 is 11.7 Å². The molecule has 0 N–H and O–H groups in total. The zero-order valence-electron chi connectivity index (χ0n) is 11.9. The van der Waals surface area contributed by atoms with Crippen LogP contribution in [0.1, 0.15) is 39.0 Å². The molecule has 0 aromatic heterocycles. The van der Waals surface area contributed by atoms with Crippen molar-refractivity contribution in [1.82, 2.24) is 9.80 Å². The van der Waals surface area contributed by atoms with Crippen molar-refractivity contribution in [2.75, 3.05) is 33.7 Å². The van der Waals surface area contributed by atoms with Crippen LogP contribution in [-0.2, 0) is 9.59 Å². The summed E-state index contributed by atoms with van der Waals surface area (Å²) in [6, 6.07) is 0. The lowest BCUT2D eigenvalue weighted by Crippen LogP contribution is -2.33. The fraction of sp³-hybridized carbons (Fsp3) is 0.857. The van der Waals surface area contributed by atoms with E-state index >= 15 is 0 Å². The molecule has 1 aliphatic rings. The highest BCUT2D eigenvalue weighted by molar-refractivity contribution is 5.83. The van der Waals surface area contributed by atoms with Crippen molar-refractivity contribution < 1.29 is 9.59 Å². The maximum Gasteiger partial charge on any atom is 0.222 e. The molecule has 0 aromatic carbocycles. The Morgan fingerprint density at radius 1 is 1.22 bits per heavy atom. The van der Waals surface area contributed by atoms with Crippen LogP contribution in [0.15, 0.2) is 0 Å². The average molecular weight is 254 g/mol. The zero-order valence-corrected chi connectivity index (χ0v) is 11.9. The van der Waals surface area contributed by atoms with Gasteiger partial charge in [-0.2, -0.15) is 0 Å². The van der Waals surface area contributed by atoms with Gasteiger partial charge in [-0.3, -0.25) is 4.79 Å². The summed E-state index contributed by atoms with van der Waals surface area (Å²) >= 11 is 0. The molecule has 4 heteroatoms. The van der Waals surface area contributed by atoms with E-state index < -0.39 is 0 Å². The highest BCUT2D eigenvalue weighted by atomic mass is 16.2. The Morgan fingerprint density at radius 3 is 2.39 bits per heavy atom. The smallest absolute Gasteiger partial charge is 0.222 e. The third-order valence-corrected chi connectivity index (χ3v) is 3.83. The van der Waals surface area contributed by atoms with Gasteiger partial charge >= 0.3 is 0 Å². The molecule has 0 unspecified atom stereocenters. The van der Waals surface area contributed by atoms with Crippen molar-refractivity contribution in [2.24, 2.45) is 5.92 Å².